The van der Waals surface area contributed by atoms with Crippen molar-refractivity contribution in [3.05, 3.63) is 59.3 Å². The van der Waals surface area contributed by atoms with Crippen molar-refractivity contribution in [3.8, 4) is 5.75 Å². The van der Waals surface area contributed by atoms with Crippen molar-refractivity contribution in [2.45, 2.75) is 47.5 Å². The summed E-state index contributed by atoms with van der Waals surface area (Å²) in [5.41, 5.74) is 3.87. The summed E-state index contributed by atoms with van der Waals surface area (Å²) in [6.45, 7) is 12.7. The number of aryl methyl sites for hydroxylation is 2. The fraction of sp³-hybridized carbons (Fsp3) is 0.400. The first-order valence-electron chi connectivity index (χ1n) is 11.6. The maximum absolute atomic E-state index is 5.86. The van der Waals surface area contributed by atoms with Gasteiger partial charge < -0.3 is 9.64 Å². The van der Waals surface area contributed by atoms with Crippen molar-refractivity contribution >= 4 is 22.9 Å². The molecule has 4 rings (SSSR count). The highest BCUT2D eigenvalue weighted by Gasteiger charge is 2.30. The van der Waals surface area contributed by atoms with Gasteiger partial charge in [-0.2, -0.15) is 0 Å². The minimum Gasteiger partial charge on any atom is -0.493 e. The molecule has 0 fully saturated rings. The molecular weight excluding hydrogens is 414 g/mol. The molecule has 0 spiro atoms. The summed E-state index contributed by atoms with van der Waals surface area (Å²) < 4.78 is 5.86. The maximum Gasteiger partial charge on any atom is 0.204 e. The molecule has 3 heterocycles. The van der Waals surface area contributed by atoms with Gasteiger partial charge in [0.15, 0.2) is 5.82 Å². The third-order valence-corrected chi connectivity index (χ3v) is 5.36. The summed E-state index contributed by atoms with van der Waals surface area (Å²) >= 11 is 0. The smallest absolute Gasteiger partial charge is 0.204 e. The number of benzene rings is 1. The molecule has 33 heavy (non-hydrogen) atoms. The average molecular weight is 446 g/mol. The Kier molecular flexibility index (Phi) is 6.82. The minimum absolute atomic E-state index is 0.565. The summed E-state index contributed by atoms with van der Waals surface area (Å²) in [5, 5.41) is 9.12. The molecule has 0 unspecified atom stereocenters. The number of fused-ring (bicyclic) bond motifs is 1. The molecule has 1 aliphatic rings. The van der Waals surface area contributed by atoms with E-state index in [1.165, 1.54) is 0 Å². The van der Waals surface area contributed by atoms with Gasteiger partial charge in [-0.25, -0.2) is 15.0 Å². The van der Waals surface area contributed by atoms with E-state index in [-0.39, 0.29) is 0 Å². The van der Waals surface area contributed by atoms with Crippen LogP contribution in [0.25, 0.3) is 0 Å². The van der Waals surface area contributed by atoms with Crippen LogP contribution in [0.1, 0.15) is 56.5 Å². The fourth-order valence-electron chi connectivity index (χ4n) is 3.93. The van der Waals surface area contributed by atoms with Crippen molar-refractivity contribution < 1.29 is 4.74 Å². The molecule has 0 atom stereocenters. The molecule has 2 aromatic heterocycles. The zero-order valence-electron chi connectivity index (χ0n) is 20.0. The Bertz CT molecular complexity index is 1190. The maximum atomic E-state index is 5.86. The Labute approximate surface area is 195 Å². The van der Waals surface area contributed by atoms with E-state index in [0.29, 0.717) is 29.7 Å². The van der Waals surface area contributed by atoms with Crippen molar-refractivity contribution in [3.63, 3.8) is 0 Å². The number of ether oxygens (including phenoxy) is 1. The zero-order chi connectivity index (χ0) is 23.4. The van der Waals surface area contributed by atoms with Crippen LogP contribution in [0.15, 0.2) is 46.5 Å². The number of pyridine rings is 1. The molecule has 0 bridgehead atoms. The molecule has 0 N–H and O–H groups in total. The lowest BCUT2D eigenvalue weighted by Crippen LogP contribution is -2.25. The van der Waals surface area contributed by atoms with Crippen molar-refractivity contribution in [1.82, 2.24) is 19.9 Å². The largest absolute Gasteiger partial charge is 0.493 e. The number of rotatable bonds is 9. The predicted molar refractivity (Wildman–Crippen MR) is 132 cm³/mol. The first-order valence-corrected chi connectivity index (χ1v) is 11.6. The highest BCUT2D eigenvalue weighted by Crippen LogP contribution is 2.28. The molecule has 1 aromatic carbocycles. The molecule has 172 valence electrons. The van der Waals surface area contributed by atoms with E-state index in [9.17, 15) is 0 Å². The van der Waals surface area contributed by atoms with Gasteiger partial charge in [-0.05, 0) is 57.9 Å². The average Bonchev–Trinajstić information content (AvgIpc) is 3.32. The van der Waals surface area contributed by atoms with E-state index in [1.54, 1.807) is 4.79 Å². The second-order valence-electron chi connectivity index (χ2n) is 7.97. The van der Waals surface area contributed by atoms with Crippen molar-refractivity contribution in [2.24, 2.45) is 10.1 Å². The van der Waals surface area contributed by atoms with E-state index in [2.05, 4.69) is 28.8 Å². The SMILES string of the molecule is CCCN(CCC)c1ccc(N=C2C(c3ccccc3OCC)=Nn3nc(C)nc32)c(C)n1. The molecule has 1 aliphatic heterocycles. The molecule has 0 saturated carbocycles. The molecule has 8 nitrogen and oxygen atoms in total. The molecule has 8 heteroatoms. The number of anilines is 1. The fourth-order valence-corrected chi connectivity index (χ4v) is 3.93. The van der Waals surface area contributed by atoms with Gasteiger partial charge in [0, 0.05) is 18.7 Å². The Morgan fingerprint density at radius 3 is 2.42 bits per heavy atom. The van der Waals surface area contributed by atoms with Gasteiger partial charge in [0.05, 0.1) is 18.0 Å². The third-order valence-electron chi connectivity index (χ3n) is 5.36. The van der Waals surface area contributed by atoms with Crippen LogP contribution in [0.4, 0.5) is 11.5 Å². The monoisotopic (exact) mass is 445 g/mol. The van der Waals surface area contributed by atoms with Crippen LogP contribution in [-0.4, -0.2) is 51.0 Å². The Morgan fingerprint density at radius 1 is 0.970 bits per heavy atom. The van der Waals surface area contributed by atoms with Crippen LogP contribution in [0.3, 0.4) is 0 Å². The molecular formula is C25H31N7O. The topological polar surface area (TPSA) is 80.8 Å². The zero-order valence-corrected chi connectivity index (χ0v) is 20.0. The lowest BCUT2D eigenvalue weighted by Gasteiger charge is -2.23. The molecule has 0 amide bonds. The van der Waals surface area contributed by atoms with Crippen LogP contribution < -0.4 is 9.64 Å². The van der Waals surface area contributed by atoms with Gasteiger partial charge in [-0.1, -0.05) is 26.0 Å². The Hall–Kier alpha value is -3.55. The third kappa shape index (κ3) is 4.65. The highest BCUT2D eigenvalue weighted by atomic mass is 16.5. The highest BCUT2D eigenvalue weighted by molar-refractivity contribution is 6.54. The van der Waals surface area contributed by atoms with Gasteiger partial charge >= 0.3 is 0 Å². The summed E-state index contributed by atoms with van der Waals surface area (Å²) in [6.07, 6.45) is 2.16. The molecule has 0 radical (unpaired) electrons. The number of hydrogen-bond donors (Lipinski definition) is 0. The van der Waals surface area contributed by atoms with Gasteiger partial charge in [0.25, 0.3) is 0 Å². The Morgan fingerprint density at radius 2 is 1.73 bits per heavy atom. The van der Waals surface area contributed by atoms with E-state index in [0.717, 1.165) is 54.4 Å². The number of para-hydroxylation sites is 1. The summed E-state index contributed by atoms with van der Waals surface area (Å²) in [5.74, 6) is 3.02. The summed E-state index contributed by atoms with van der Waals surface area (Å²) in [7, 11) is 0. The Balaban J connectivity index is 1.77. The minimum atomic E-state index is 0.565. The van der Waals surface area contributed by atoms with Crippen LogP contribution in [0.2, 0.25) is 0 Å². The van der Waals surface area contributed by atoms with E-state index in [4.69, 9.17) is 19.8 Å². The first kappa shape index (κ1) is 22.6. The van der Waals surface area contributed by atoms with Gasteiger partial charge in [0.1, 0.15) is 23.0 Å². The van der Waals surface area contributed by atoms with Crippen molar-refractivity contribution in [1.29, 1.82) is 0 Å². The van der Waals surface area contributed by atoms with E-state index in [1.807, 2.05) is 57.2 Å². The number of hydrogen-bond acceptors (Lipinski definition) is 7. The van der Waals surface area contributed by atoms with E-state index >= 15 is 0 Å². The number of aliphatic imine (C=N–C) groups is 1. The van der Waals surface area contributed by atoms with E-state index < -0.39 is 0 Å². The van der Waals surface area contributed by atoms with Gasteiger partial charge in [-0.15, -0.1) is 15.0 Å². The van der Waals surface area contributed by atoms with Crippen LogP contribution >= 0.6 is 0 Å². The lowest BCUT2D eigenvalue weighted by molar-refractivity contribution is 0.339. The second-order valence-corrected chi connectivity index (χ2v) is 7.97. The number of aromatic nitrogens is 4. The van der Waals surface area contributed by atoms with Crippen LogP contribution in [0, 0.1) is 13.8 Å². The lowest BCUT2D eigenvalue weighted by atomic mass is 10.0. The quantitative estimate of drug-likeness (QED) is 0.477. The predicted octanol–water partition coefficient (Wildman–Crippen LogP) is 4.70. The summed E-state index contributed by atoms with van der Waals surface area (Å²) in [6, 6.07) is 11.9. The second kappa shape index (κ2) is 9.94. The first-order chi connectivity index (χ1) is 16.0. The normalized spacial score (nSPS) is 13.8. The molecule has 0 saturated heterocycles. The summed E-state index contributed by atoms with van der Waals surface area (Å²) in [4.78, 5) is 18.3. The van der Waals surface area contributed by atoms with Crippen LogP contribution in [0.5, 0.6) is 5.75 Å². The molecule has 0 aliphatic carbocycles. The molecule has 3 aromatic rings. The van der Waals surface area contributed by atoms with Crippen LogP contribution in [-0.2, 0) is 0 Å². The van der Waals surface area contributed by atoms with Gasteiger partial charge in [0.2, 0.25) is 5.82 Å². The number of nitrogens with zero attached hydrogens (tertiary/aromatic N) is 7. The van der Waals surface area contributed by atoms with Crippen molar-refractivity contribution in [2.75, 3.05) is 24.6 Å². The van der Waals surface area contributed by atoms with Gasteiger partial charge in [-0.3, -0.25) is 0 Å². The standard InChI is InChI=1S/C25H31N7O/c1-6-15-31(16-7-2)22-14-13-20(17(4)26-22)28-24-23(30-32-25(24)27-18(5)29-32)19-11-9-10-12-21(19)33-8-3/h9-14H,6-8,15-16H2,1-5H3.